The van der Waals surface area contributed by atoms with Gasteiger partial charge in [-0.05, 0) is 6.42 Å². The molecule has 2 bridgehead atoms. The molecule has 1 heterocycles. The van der Waals surface area contributed by atoms with Crippen molar-refractivity contribution in [2.45, 2.75) is 31.3 Å². The van der Waals surface area contributed by atoms with Crippen LogP contribution in [0, 0.1) is 16.0 Å². The molecule has 1 saturated carbocycles. The molecular weight excluding hydrogens is 162 g/mol. The normalized spacial score (nSPS) is 45.1. The highest BCUT2D eigenvalue weighted by Crippen LogP contribution is 2.41. The highest BCUT2D eigenvalue weighted by molar-refractivity contribution is 4.92. The monoisotopic (exact) mass is 173 g/mol. The molecule has 0 amide bonds. The number of nitro groups is 1. The average molecular weight is 173 g/mol. The zero-order valence-electron chi connectivity index (χ0n) is 6.80. The first-order chi connectivity index (χ1) is 5.72. The van der Waals surface area contributed by atoms with Crippen LogP contribution >= 0.6 is 0 Å². The lowest BCUT2D eigenvalue weighted by Gasteiger charge is -2.22. The second-order valence-corrected chi connectivity index (χ2v) is 3.35. The van der Waals surface area contributed by atoms with Crippen LogP contribution in [0.1, 0.15) is 12.8 Å². The van der Waals surface area contributed by atoms with Crippen LogP contribution in [0.4, 0.5) is 0 Å². The third-order valence-electron chi connectivity index (χ3n) is 2.71. The zero-order chi connectivity index (χ0) is 8.72. The summed E-state index contributed by atoms with van der Waals surface area (Å²) in [5, 5.41) is 10.5. The molecule has 1 aliphatic heterocycles. The summed E-state index contributed by atoms with van der Waals surface area (Å²) in [7, 11) is 1.53. The van der Waals surface area contributed by atoms with Gasteiger partial charge in [-0.15, -0.1) is 0 Å². The molecule has 2 fully saturated rings. The van der Waals surface area contributed by atoms with Gasteiger partial charge in [-0.3, -0.25) is 10.1 Å². The van der Waals surface area contributed by atoms with Crippen molar-refractivity contribution in [3.05, 3.63) is 10.1 Å². The van der Waals surface area contributed by atoms with Crippen LogP contribution in [-0.2, 0) is 9.47 Å². The van der Waals surface area contributed by atoms with Gasteiger partial charge >= 0.3 is 0 Å². The summed E-state index contributed by atoms with van der Waals surface area (Å²) < 4.78 is 10.4. The Labute approximate surface area is 69.8 Å². The van der Waals surface area contributed by atoms with Crippen molar-refractivity contribution in [2.75, 3.05) is 7.11 Å². The molecule has 2 rings (SSSR count). The minimum atomic E-state index is -0.450. The highest BCUT2D eigenvalue weighted by atomic mass is 16.7. The maximum absolute atomic E-state index is 10.5. The number of methoxy groups -OCH3 is 1. The van der Waals surface area contributed by atoms with Gasteiger partial charge in [0.1, 0.15) is 0 Å². The molecule has 0 spiro atoms. The maximum atomic E-state index is 10.5. The van der Waals surface area contributed by atoms with Crippen molar-refractivity contribution >= 4 is 0 Å². The van der Waals surface area contributed by atoms with E-state index in [1.807, 2.05) is 0 Å². The predicted octanol–water partition coefficient (Wildman–Crippen LogP) is 0.413. The SMILES string of the molecule is CO[C@@H]1O[C@H]2C[C@@H]1[C@H]([N+](=O)[O-])C2. The van der Waals surface area contributed by atoms with E-state index in [0.717, 1.165) is 6.42 Å². The number of fused-ring (bicyclic) bond motifs is 2. The number of hydrogen-bond donors (Lipinski definition) is 0. The van der Waals surface area contributed by atoms with Crippen LogP contribution in [-0.4, -0.2) is 30.5 Å². The molecule has 0 radical (unpaired) electrons. The lowest BCUT2D eigenvalue weighted by molar-refractivity contribution is -0.538. The van der Waals surface area contributed by atoms with Crippen molar-refractivity contribution < 1.29 is 14.4 Å². The van der Waals surface area contributed by atoms with Gasteiger partial charge in [0.05, 0.1) is 12.0 Å². The molecule has 0 unspecified atom stereocenters. The van der Waals surface area contributed by atoms with E-state index in [1.54, 1.807) is 0 Å². The second-order valence-electron chi connectivity index (χ2n) is 3.35. The fourth-order valence-electron chi connectivity index (χ4n) is 2.17. The Hall–Kier alpha value is -0.680. The van der Waals surface area contributed by atoms with Gasteiger partial charge < -0.3 is 9.47 Å². The van der Waals surface area contributed by atoms with Crippen LogP contribution < -0.4 is 0 Å². The quantitative estimate of drug-likeness (QED) is 0.448. The number of ether oxygens (including phenoxy) is 2. The van der Waals surface area contributed by atoms with E-state index in [9.17, 15) is 10.1 Å². The first-order valence-corrected chi connectivity index (χ1v) is 4.04. The Bertz CT molecular complexity index is 208. The van der Waals surface area contributed by atoms with E-state index < -0.39 is 6.04 Å². The molecular formula is C7H11NO4. The summed E-state index contributed by atoms with van der Waals surface area (Å²) in [5.74, 6) is -0.0324. The summed E-state index contributed by atoms with van der Waals surface area (Å²) >= 11 is 0. The molecule has 2 aliphatic rings. The molecule has 0 aromatic rings. The Kier molecular flexibility index (Phi) is 1.77. The first-order valence-electron chi connectivity index (χ1n) is 4.04. The van der Waals surface area contributed by atoms with Gasteiger partial charge in [0, 0.05) is 18.5 Å². The van der Waals surface area contributed by atoms with Crippen molar-refractivity contribution in [2.24, 2.45) is 5.92 Å². The fraction of sp³-hybridized carbons (Fsp3) is 1.00. The van der Waals surface area contributed by atoms with E-state index in [4.69, 9.17) is 9.47 Å². The Morgan fingerprint density at radius 1 is 1.58 bits per heavy atom. The smallest absolute Gasteiger partial charge is 0.223 e. The number of hydrogen-bond acceptors (Lipinski definition) is 4. The lowest BCUT2D eigenvalue weighted by atomic mass is 10.0. The molecule has 12 heavy (non-hydrogen) atoms. The molecule has 0 aromatic heterocycles. The van der Waals surface area contributed by atoms with Gasteiger partial charge in [-0.2, -0.15) is 0 Å². The van der Waals surface area contributed by atoms with Crippen molar-refractivity contribution in [3.8, 4) is 0 Å². The van der Waals surface area contributed by atoms with E-state index >= 15 is 0 Å². The molecule has 1 aliphatic carbocycles. The number of nitrogens with zero attached hydrogens (tertiary/aromatic N) is 1. The molecule has 4 atom stereocenters. The Morgan fingerprint density at radius 3 is 2.83 bits per heavy atom. The third-order valence-corrected chi connectivity index (χ3v) is 2.71. The van der Waals surface area contributed by atoms with E-state index in [0.29, 0.717) is 6.42 Å². The van der Waals surface area contributed by atoms with Gasteiger partial charge in [-0.25, -0.2) is 0 Å². The van der Waals surface area contributed by atoms with Crippen LogP contribution in [0.5, 0.6) is 0 Å². The van der Waals surface area contributed by atoms with Crippen molar-refractivity contribution in [1.82, 2.24) is 0 Å². The average Bonchev–Trinajstić information content (AvgIpc) is 2.60. The van der Waals surface area contributed by atoms with Crippen LogP contribution in [0.3, 0.4) is 0 Å². The van der Waals surface area contributed by atoms with Crippen LogP contribution in [0.2, 0.25) is 0 Å². The molecule has 5 nitrogen and oxygen atoms in total. The lowest BCUT2D eigenvalue weighted by Crippen LogP contribution is -2.37. The van der Waals surface area contributed by atoms with E-state index in [1.165, 1.54) is 7.11 Å². The maximum Gasteiger partial charge on any atom is 0.223 e. The Morgan fingerprint density at radius 2 is 2.33 bits per heavy atom. The fourth-order valence-corrected chi connectivity index (χ4v) is 2.17. The predicted molar refractivity (Wildman–Crippen MR) is 39.2 cm³/mol. The first kappa shape index (κ1) is 7.94. The summed E-state index contributed by atoms with van der Waals surface area (Å²) in [6.45, 7) is 0. The molecule has 5 heteroatoms. The van der Waals surface area contributed by atoms with Crippen molar-refractivity contribution in [3.63, 3.8) is 0 Å². The van der Waals surface area contributed by atoms with Gasteiger partial charge in [0.25, 0.3) is 0 Å². The Balaban J connectivity index is 2.09. The minimum Gasteiger partial charge on any atom is -0.355 e. The molecule has 68 valence electrons. The van der Waals surface area contributed by atoms with E-state index in [2.05, 4.69) is 0 Å². The summed E-state index contributed by atoms with van der Waals surface area (Å²) in [5.41, 5.74) is 0. The summed E-state index contributed by atoms with van der Waals surface area (Å²) in [6, 6.07) is -0.450. The minimum absolute atomic E-state index is 0.0324. The molecule has 1 saturated heterocycles. The number of rotatable bonds is 2. The summed E-state index contributed by atoms with van der Waals surface area (Å²) in [6.07, 6.45) is 1.04. The summed E-state index contributed by atoms with van der Waals surface area (Å²) in [4.78, 5) is 10.3. The highest BCUT2D eigenvalue weighted by Gasteiger charge is 2.53. The topological polar surface area (TPSA) is 61.6 Å². The van der Waals surface area contributed by atoms with Gasteiger partial charge in [0.15, 0.2) is 6.29 Å². The standard InChI is InChI=1S/C7H11NO4/c1-11-7-5-2-4(12-7)3-6(5)8(9)10/h4-7H,2-3H2,1H3/t4-,5+,6+,7+/m0/s1. The third kappa shape index (κ3) is 1.01. The zero-order valence-corrected chi connectivity index (χ0v) is 6.80. The van der Waals surface area contributed by atoms with Crippen LogP contribution in [0.15, 0.2) is 0 Å². The largest absolute Gasteiger partial charge is 0.355 e. The van der Waals surface area contributed by atoms with Gasteiger partial charge in [0.2, 0.25) is 6.04 Å². The van der Waals surface area contributed by atoms with Crippen molar-refractivity contribution in [1.29, 1.82) is 0 Å². The molecule has 0 aromatic carbocycles. The van der Waals surface area contributed by atoms with Crippen LogP contribution in [0.25, 0.3) is 0 Å². The van der Waals surface area contributed by atoms with Gasteiger partial charge in [-0.1, -0.05) is 0 Å². The van der Waals surface area contributed by atoms with E-state index in [-0.39, 0.29) is 23.2 Å². The second kappa shape index (κ2) is 2.67. The molecule has 0 N–H and O–H groups in total.